The summed E-state index contributed by atoms with van der Waals surface area (Å²) in [7, 11) is -1.71. The summed E-state index contributed by atoms with van der Waals surface area (Å²) in [5.41, 5.74) is 2.21. The number of amidine groups is 1. The van der Waals surface area contributed by atoms with Crippen LogP contribution >= 0.6 is 11.8 Å². The highest BCUT2D eigenvalue weighted by atomic mass is 32.2. The van der Waals surface area contributed by atoms with Gasteiger partial charge in [0.1, 0.15) is 5.82 Å². The van der Waals surface area contributed by atoms with E-state index in [2.05, 4.69) is 4.40 Å². The van der Waals surface area contributed by atoms with Gasteiger partial charge in [0.25, 0.3) is 15.9 Å². The molecule has 0 saturated carbocycles. The minimum atomic E-state index is -3.42. The maximum atomic E-state index is 13.1. The van der Waals surface area contributed by atoms with Crippen LogP contribution in [0, 0.1) is 5.82 Å². The molecule has 6 nitrogen and oxygen atoms in total. The lowest BCUT2D eigenvalue weighted by Crippen LogP contribution is -2.35. The number of amides is 1. The average molecular weight is 420 g/mol. The summed E-state index contributed by atoms with van der Waals surface area (Å²) < 4.78 is 40.4. The molecule has 2 aromatic carbocycles. The third kappa shape index (κ3) is 3.40. The number of nitrogens with zero attached hydrogens (tertiary/aromatic N) is 3. The number of halogens is 1. The number of hydrogen-bond acceptors (Lipinski definition) is 5. The third-order valence-electron chi connectivity index (χ3n) is 4.97. The Bertz CT molecular complexity index is 1080. The molecule has 2 aliphatic rings. The lowest BCUT2D eigenvalue weighted by atomic mass is 10.1. The predicted molar refractivity (Wildman–Crippen MR) is 108 cm³/mol. The topological polar surface area (TPSA) is 70.0 Å². The van der Waals surface area contributed by atoms with Crippen LogP contribution in [0.4, 0.5) is 10.1 Å². The highest BCUT2D eigenvalue weighted by Crippen LogP contribution is 2.42. The summed E-state index contributed by atoms with van der Waals surface area (Å²) in [6.45, 7) is 2.24. The van der Waals surface area contributed by atoms with E-state index in [0.717, 1.165) is 16.1 Å². The summed E-state index contributed by atoms with van der Waals surface area (Å²) in [6.07, 6.45) is 0. The fourth-order valence-electron chi connectivity index (χ4n) is 3.21. The van der Waals surface area contributed by atoms with Gasteiger partial charge in [-0.05, 0) is 54.6 Å². The Morgan fingerprint density at radius 3 is 2.68 bits per heavy atom. The van der Waals surface area contributed by atoms with Gasteiger partial charge in [0.05, 0.1) is 17.5 Å². The van der Waals surface area contributed by atoms with Gasteiger partial charge in [-0.25, -0.2) is 12.8 Å². The molecule has 4 rings (SSSR count). The first-order valence-corrected chi connectivity index (χ1v) is 11.1. The van der Waals surface area contributed by atoms with Crippen LogP contribution in [0.1, 0.15) is 28.9 Å². The van der Waals surface area contributed by atoms with Crippen molar-refractivity contribution in [3.05, 3.63) is 59.4 Å². The highest BCUT2D eigenvalue weighted by molar-refractivity contribution is 8.15. The molecule has 0 saturated heterocycles. The van der Waals surface area contributed by atoms with E-state index in [1.807, 2.05) is 17.9 Å². The Morgan fingerprint density at radius 1 is 1.25 bits per heavy atom. The van der Waals surface area contributed by atoms with Crippen molar-refractivity contribution < 1.29 is 17.6 Å². The maximum absolute atomic E-state index is 13.1. The monoisotopic (exact) mass is 419 g/mol. The number of thioether (sulfide) groups is 1. The molecule has 0 aromatic heterocycles. The Balaban J connectivity index is 1.58. The van der Waals surface area contributed by atoms with Crippen LogP contribution in [-0.2, 0) is 10.0 Å². The smallest absolute Gasteiger partial charge is 0.257 e. The van der Waals surface area contributed by atoms with Gasteiger partial charge in [-0.2, -0.15) is 0 Å². The van der Waals surface area contributed by atoms with Crippen molar-refractivity contribution in [2.75, 3.05) is 24.2 Å². The lowest BCUT2D eigenvalue weighted by molar-refractivity contribution is 0.0742. The van der Waals surface area contributed by atoms with Crippen molar-refractivity contribution in [3.63, 3.8) is 0 Å². The molecule has 0 aliphatic carbocycles. The van der Waals surface area contributed by atoms with Crippen molar-refractivity contribution >= 4 is 38.5 Å². The maximum Gasteiger partial charge on any atom is 0.257 e. The average Bonchev–Trinajstić information content (AvgIpc) is 3.02. The minimum Gasteiger partial charge on any atom is -0.335 e. The molecule has 0 fully saturated rings. The van der Waals surface area contributed by atoms with Gasteiger partial charge in [0.15, 0.2) is 5.17 Å². The zero-order valence-electron chi connectivity index (χ0n) is 15.3. The van der Waals surface area contributed by atoms with Gasteiger partial charge in [-0.15, -0.1) is 4.40 Å². The lowest BCUT2D eigenvalue weighted by Gasteiger charge is -2.26. The van der Waals surface area contributed by atoms with Crippen molar-refractivity contribution in [2.45, 2.75) is 17.9 Å². The largest absolute Gasteiger partial charge is 0.335 e. The first-order chi connectivity index (χ1) is 13.2. The van der Waals surface area contributed by atoms with Crippen LogP contribution in [0.25, 0.3) is 0 Å². The number of carbonyl (C=O) groups is 1. The molecule has 0 radical (unpaired) electrons. The first-order valence-electron chi connectivity index (χ1n) is 8.70. The molecular weight excluding hydrogens is 401 g/mol. The Labute approximate surface area is 167 Å². The van der Waals surface area contributed by atoms with Crippen molar-refractivity contribution in [3.8, 4) is 0 Å². The zero-order valence-corrected chi connectivity index (χ0v) is 16.9. The molecule has 1 atom stereocenters. The van der Waals surface area contributed by atoms with Crippen LogP contribution in [0.15, 0.2) is 51.8 Å². The van der Waals surface area contributed by atoms with E-state index in [-0.39, 0.29) is 23.5 Å². The summed E-state index contributed by atoms with van der Waals surface area (Å²) in [4.78, 5) is 17.2. The Hall–Kier alpha value is -2.39. The summed E-state index contributed by atoms with van der Waals surface area (Å²) in [5.74, 6) is -0.503. The molecular formula is C19H18FN3O3S2. The van der Waals surface area contributed by atoms with Gasteiger partial charge in [-0.1, -0.05) is 12.1 Å². The van der Waals surface area contributed by atoms with E-state index >= 15 is 0 Å². The Morgan fingerprint density at radius 2 is 1.96 bits per heavy atom. The van der Waals surface area contributed by atoms with E-state index in [1.54, 1.807) is 36.2 Å². The fourth-order valence-corrected chi connectivity index (χ4v) is 5.50. The van der Waals surface area contributed by atoms with Crippen LogP contribution in [0.3, 0.4) is 0 Å². The SMILES string of the molecule is CC(c1ccc(F)cc1)N(C)C(=O)c1ccc2c(c1)SC1=NS(=O)(=O)CCN12. The van der Waals surface area contributed by atoms with Gasteiger partial charge < -0.3 is 9.80 Å². The summed E-state index contributed by atoms with van der Waals surface area (Å²) in [6, 6.07) is 11.2. The molecule has 2 heterocycles. The molecule has 146 valence electrons. The molecule has 28 heavy (non-hydrogen) atoms. The summed E-state index contributed by atoms with van der Waals surface area (Å²) >= 11 is 1.26. The predicted octanol–water partition coefficient (Wildman–Crippen LogP) is 3.27. The highest BCUT2D eigenvalue weighted by Gasteiger charge is 2.33. The van der Waals surface area contributed by atoms with Crippen molar-refractivity contribution in [1.82, 2.24) is 4.90 Å². The quantitative estimate of drug-likeness (QED) is 0.764. The molecule has 9 heteroatoms. The van der Waals surface area contributed by atoms with Gasteiger partial charge >= 0.3 is 0 Å². The molecule has 0 bridgehead atoms. The number of benzene rings is 2. The van der Waals surface area contributed by atoms with Gasteiger partial charge in [-0.3, -0.25) is 4.79 Å². The molecule has 1 amide bonds. The molecule has 0 N–H and O–H groups in total. The normalized spacial score (nSPS) is 18.1. The molecule has 2 aliphatic heterocycles. The van der Waals surface area contributed by atoms with Crippen LogP contribution < -0.4 is 4.90 Å². The van der Waals surface area contributed by atoms with E-state index in [4.69, 9.17) is 0 Å². The van der Waals surface area contributed by atoms with E-state index in [9.17, 15) is 17.6 Å². The second-order valence-electron chi connectivity index (χ2n) is 6.74. The van der Waals surface area contributed by atoms with Crippen molar-refractivity contribution in [1.29, 1.82) is 0 Å². The molecule has 0 spiro atoms. The standard InChI is InChI=1S/C19H18FN3O3S2/c1-12(13-3-6-15(20)7-4-13)22(2)18(24)14-5-8-16-17(11-14)27-19-21-28(25,26)10-9-23(16)19/h3-8,11-12H,9-10H2,1-2H3. The number of carbonyl (C=O) groups excluding carboxylic acids is 1. The van der Waals surface area contributed by atoms with Crippen LogP contribution in [0.2, 0.25) is 0 Å². The summed E-state index contributed by atoms with van der Waals surface area (Å²) in [5, 5.41) is 0.430. The van der Waals surface area contributed by atoms with Crippen LogP contribution in [0.5, 0.6) is 0 Å². The van der Waals surface area contributed by atoms with Gasteiger partial charge in [0, 0.05) is 24.1 Å². The second-order valence-corrected chi connectivity index (χ2v) is 9.50. The first kappa shape index (κ1) is 18.9. The molecule has 2 aromatic rings. The number of sulfonamides is 1. The fraction of sp³-hybridized carbons (Fsp3) is 0.263. The number of hydrogen-bond donors (Lipinski definition) is 0. The zero-order chi connectivity index (χ0) is 20.1. The van der Waals surface area contributed by atoms with Crippen LogP contribution in [-0.4, -0.2) is 43.7 Å². The minimum absolute atomic E-state index is 0.0187. The van der Waals surface area contributed by atoms with E-state index < -0.39 is 10.0 Å². The second kappa shape index (κ2) is 6.89. The number of rotatable bonds is 3. The number of anilines is 1. The van der Waals surface area contributed by atoms with E-state index in [1.165, 1.54) is 23.9 Å². The van der Waals surface area contributed by atoms with Gasteiger partial charge in [0.2, 0.25) is 0 Å². The Kier molecular flexibility index (Phi) is 4.67. The molecule has 1 unspecified atom stereocenters. The van der Waals surface area contributed by atoms with E-state index in [0.29, 0.717) is 17.3 Å². The number of fused-ring (bicyclic) bond motifs is 3. The van der Waals surface area contributed by atoms with Crippen molar-refractivity contribution in [2.24, 2.45) is 4.40 Å². The third-order valence-corrected chi connectivity index (χ3v) is 7.28.